The molecular weight excluding hydrogens is 144 g/mol. The summed E-state index contributed by atoms with van der Waals surface area (Å²) in [4.78, 5) is 10.5. The number of nitrogens with one attached hydrogen (secondary N) is 1. The Kier molecular flexibility index (Phi) is 2.62. The van der Waals surface area contributed by atoms with Gasteiger partial charge in [-0.05, 0) is 12.6 Å². The molecule has 0 saturated carbocycles. The highest BCUT2D eigenvalue weighted by Gasteiger charge is 2.22. The fraction of sp³-hybridized carbons (Fsp3) is 0.571. The number of amides is 1. The quantitative estimate of drug-likeness (QED) is 0.461. The van der Waals surface area contributed by atoms with E-state index in [-0.39, 0.29) is 18.4 Å². The topological polar surface area (TPSA) is 77.0 Å². The Morgan fingerprint density at radius 2 is 2.64 bits per heavy atom. The van der Waals surface area contributed by atoms with E-state index in [0.717, 1.165) is 6.42 Å². The van der Waals surface area contributed by atoms with Crippen molar-refractivity contribution in [3.05, 3.63) is 12.3 Å². The zero-order chi connectivity index (χ0) is 8.27. The summed E-state index contributed by atoms with van der Waals surface area (Å²) < 4.78 is 0. The number of carbonyl (C=O) groups excluding carboxylic acids is 1. The minimum Gasteiger partial charge on any atom is -0.390 e. The maximum atomic E-state index is 10.5. The van der Waals surface area contributed by atoms with E-state index in [1.165, 1.54) is 0 Å². The molecule has 0 bridgehead atoms. The minimum atomic E-state index is -0.602. The van der Waals surface area contributed by atoms with Crippen LogP contribution in [0.15, 0.2) is 12.3 Å². The van der Waals surface area contributed by atoms with Gasteiger partial charge in [-0.1, -0.05) is 6.08 Å². The van der Waals surface area contributed by atoms with Gasteiger partial charge in [-0.3, -0.25) is 5.73 Å². The van der Waals surface area contributed by atoms with E-state index in [4.69, 9.17) is 0 Å². The summed E-state index contributed by atoms with van der Waals surface area (Å²) in [6.45, 7) is 0. The summed E-state index contributed by atoms with van der Waals surface area (Å²) in [5.74, 6) is -0.216. The van der Waals surface area contributed by atoms with Crippen LogP contribution >= 0.6 is 0 Å². The zero-order valence-corrected chi connectivity index (χ0v) is 6.29. The van der Waals surface area contributed by atoms with Gasteiger partial charge in [-0.15, -0.1) is 0 Å². The van der Waals surface area contributed by atoms with Crippen molar-refractivity contribution in [2.45, 2.75) is 25.0 Å². The fourth-order valence-corrected chi connectivity index (χ4v) is 1.12. The number of hydrogen-bond donors (Lipinski definition) is 3. The molecule has 62 valence electrons. The van der Waals surface area contributed by atoms with E-state index in [2.05, 4.69) is 11.1 Å². The molecule has 0 fully saturated rings. The van der Waals surface area contributed by atoms with Crippen LogP contribution in [-0.2, 0) is 4.79 Å². The Bertz CT molecular complexity index is 171. The summed E-state index contributed by atoms with van der Waals surface area (Å²) in [6.07, 6.45) is 4.05. The van der Waals surface area contributed by atoms with Gasteiger partial charge in [0.05, 0.1) is 18.6 Å². The van der Waals surface area contributed by atoms with Gasteiger partial charge in [0.15, 0.2) is 0 Å². The molecule has 0 aliphatic carbocycles. The molecule has 2 atom stereocenters. The lowest BCUT2D eigenvalue weighted by Crippen LogP contribution is -2.58. The molecule has 4 nitrogen and oxygen atoms in total. The first kappa shape index (κ1) is 8.23. The number of rotatable bonds is 3. The number of carbonyl (C=O) groups is 1. The first-order valence-electron chi connectivity index (χ1n) is 3.64. The average Bonchev–Trinajstić information content (AvgIpc) is 2.35. The van der Waals surface area contributed by atoms with Gasteiger partial charge >= 0.3 is 5.91 Å². The Labute approximate surface area is 65.1 Å². The normalized spacial score (nSPS) is 24.7. The van der Waals surface area contributed by atoms with E-state index in [1.54, 1.807) is 6.20 Å². The lowest BCUT2D eigenvalue weighted by molar-refractivity contribution is -0.307. The lowest BCUT2D eigenvalue weighted by atomic mass is 10.1. The molecule has 0 saturated heterocycles. The van der Waals surface area contributed by atoms with Crippen molar-refractivity contribution < 1.29 is 15.6 Å². The predicted molar refractivity (Wildman–Crippen MR) is 39.2 cm³/mol. The standard InChI is InChI=1S/C7H12N2O2/c8-7(11)4-6(10)5-2-1-3-9-5/h1,3,5-6,9-10H,2,4H2,(H2,8,11)/p+1. The number of aliphatic hydroxyl groups excluding tert-OH is 1. The Morgan fingerprint density at radius 1 is 1.91 bits per heavy atom. The van der Waals surface area contributed by atoms with E-state index in [0.29, 0.717) is 0 Å². The van der Waals surface area contributed by atoms with Gasteiger partial charge in [0, 0.05) is 0 Å². The monoisotopic (exact) mass is 157 g/mol. The van der Waals surface area contributed by atoms with Crippen molar-refractivity contribution in [1.82, 2.24) is 5.32 Å². The summed E-state index contributed by atoms with van der Waals surface area (Å²) in [6, 6.07) is 0.000648. The molecule has 0 radical (unpaired) electrons. The minimum absolute atomic E-state index is 0.000648. The van der Waals surface area contributed by atoms with Crippen LogP contribution in [-0.4, -0.2) is 23.2 Å². The van der Waals surface area contributed by atoms with Crippen LogP contribution in [0.4, 0.5) is 0 Å². The van der Waals surface area contributed by atoms with Crippen LogP contribution in [0.2, 0.25) is 0 Å². The maximum Gasteiger partial charge on any atom is 0.311 e. The molecule has 0 spiro atoms. The SMILES string of the molecule is [NH3+]C(=O)CC(O)C1CC=CN1. The smallest absolute Gasteiger partial charge is 0.311 e. The van der Waals surface area contributed by atoms with Gasteiger partial charge in [-0.25, -0.2) is 4.79 Å². The second-order valence-electron chi connectivity index (χ2n) is 2.72. The van der Waals surface area contributed by atoms with Gasteiger partial charge in [-0.2, -0.15) is 0 Å². The molecule has 0 aromatic heterocycles. The molecule has 1 heterocycles. The first-order chi connectivity index (χ1) is 5.20. The van der Waals surface area contributed by atoms with Crippen molar-refractivity contribution in [2.24, 2.45) is 0 Å². The molecule has 0 aromatic carbocycles. The Hall–Kier alpha value is -0.870. The van der Waals surface area contributed by atoms with Gasteiger partial charge in [0.2, 0.25) is 0 Å². The molecule has 1 aliphatic heterocycles. The molecule has 5 N–H and O–H groups in total. The summed E-state index contributed by atoms with van der Waals surface area (Å²) in [7, 11) is 0. The second kappa shape index (κ2) is 3.50. The highest BCUT2D eigenvalue weighted by atomic mass is 16.3. The second-order valence-corrected chi connectivity index (χ2v) is 2.72. The molecule has 1 aliphatic rings. The van der Waals surface area contributed by atoms with Crippen LogP contribution in [0.5, 0.6) is 0 Å². The fourth-order valence-electron chi connectivity index (χ4n) is 1.12. The third kappa shape index (κ3) is 2.32. The largest absolute Gasteiger partial charge is 0.390 e. The molecular formula is C7H13N2O2+. The van der Waals surface area contributed by atoms with E-state index in [9.17, 15) is 9.90 Å². The molecule has 11 heavy (non-hydrogen) atoms. The zero-order valence-electron chi connectivity index (χ0n) is 6.29. The molecule has 4 heteroatoms. The number of quaternary nitrogens is 1. The van der Waals surface area contributed by atoms with Crippen molar-refractivity contribution in [3.63, 3.8) is 0 Å². The van der Waals surface area contributed by atoms with Crippen molar-refractivity contribution in [1.29, 1.82) is 0 Å². The van der Waals surface area contributed by atoms with Crippen LogP contribution in [0.25, 0.3) is 0 Å². The molecule has 1 amide bonds. The maximum absolute atomic E-state index is 10.5. The van der Waals surface area contributed by atoms with Crippen molar-refractivity contribution in [2.75, 3.05) is 0 Å². The van der Waals surface area contributed by atoms with Crippen LogP contribution < -0.4 is 11.1 Å². The molecule has 2 unspecified atom stereocenters. The Balaban J connectivity index is 2.29. The van der Waals surface area contributed by atoms with E-state index < -0.39 is 6.10 Å². The summed E-state index contributed by atoms with van der Waals surface area (Å²) >= 11 is 0. The van der Waals surface area contributed by atoms with Crippen LogP contribution in [0.1, 0.15) is 12.8 Å². The van der Waals surface area contributed by atoms with Gasteiger partial charge in [0.25, 0.3) is 0 Å². The summed E-state index contributed by atoms with van der Waals surface area (Å²) in [5, 5.41) is 12.3. The summed E-state index contributed by atoms with van der Waals surface area (Å²) in [5.41, 5.74) is 3.20. The average molecular weight is 157 g/mol. The van der Waals surface area contributed by atoms with E-state index in [1.807, 2.05) is 6.08 Å². The third-order valence-corrected chi connectivity index (χ3v) is 1.72. The Morgan fingerprint density at radius 3 is 3.09 bits per heavy atom. The highest BCUT2D eigenvalue weighted by molar-refractivity contribution is 5.65. The first-order valence-corrected chi connectivity index (χ1v) is 3.64. The predicted octanol–water partition coefficient (Wildman–Crippen LogP) is -1.62. The third-order valence-electron chi connectivity index (χ3n) is 1.72. The van der Waals surface area contributed by atoms with Gasteiger partial charge < -0.3 is 10.4 Å². The lowest BCUT2D eigenvalue weighted by Gasteiger charge is -2.15. The number of hydrogen-bond acceptors (Lipinski definition) is 3. The highest BCUT2D eigenvalue weighted by Crippen LogP contribution is 2.08. The van der Waals surface area contributed by atoms with Crippen LogP contribution in [0.3, 0.4) is 0 Å². The number of aliphatic hydroxyl groups is 1. The van der Waals surface area contributed by atoms with Crippen LogP contribution in [0, 0.1) is 0 Å². The van der Waals surface area contributed by atoms with E-state index >= 15 is 0 Å². The molecule has 1 rings (SSSR count). The van der Waals surface area contributed by atoms with Crippen molar-refractivity contribution >= 4 is 5.91 Å². The molecule has 0 aromatic rings. The van der Waals surface area contributed by atoms with Crippen molar-refractivity contribution in [3.8, 4) is 0 Å². The van der Waals surface area contributed by atoms with Gasteiger partial charge in [0.1, 0.15) is 0 Å².